The summed E-state index contributed by atoms with van der Waals surface area (Å²) in [6.45, 7) is 0. The number of fused-ring (bicyclic) bond motifs is 1. The molecule has 0 bridgehead atoms. The van der Waals surface area contributed by atoms with E-state index in [4.69, 9.17) is 35.4 Å². The molecule has 0 fully saturated rings. The number of nitrogens with zero attached hydrogens (tertiary/aromatic N) is 4. The van der Waals surface area contributed by atoms with Crippen molar-refractivity contribution in [1.29, 1.82) is 0 Å². The quantitative estimate of drug-likeness (QED) is 0.246. The van der Waals surface area contributed by atoms with Crippen molar-refractivity contribution in [2.75, 3.05) is 7.11 Å². The summed E-state index contributed by atoms with van der Waals surface area (Å²) in [4.78, 5) is 32.9. The summed E-state index contributed by atoms with van der Waals surface area (Å²) in [7, 11) is 1.56. The van der Waals surface area contributed by atoms with Gasteiger partial charge in [0.2, 0.25) is 0 Å². The zero-order valence-electron chi connectivity index (χ0n) is 16.2. The fourth-order valence-corrected chi connectivity index (χ4v) is 2.22. The maximum Gasteiger partial charge on any atom is 2.00 e. The van der Waals surface area contributed by atoms with Gasteiger partial charge in [0.15, 0.2) is 0 Å². The first kappa shape index (κ1) is 27.7. The van der Waals surface area contributed by atoms with Crippen LogP contribution in [0.2, 0.25) is 0 Å². The van der Waals surface area contributed by atoms with Crippen LogP contribution in [0, 0.1) is 30.6 Å². The van der Waals surface area contributed by atoms with Crippen molar-refractivity contribution in [2.24, 2.45) is 5.10 Å². The standard InChI is InChI=1S/C18H15N3O2.Cu.2NO3/c1-23-16-9-3-6-14(11-16)18(22)21-20-12-15-7-2-5-13-8-4-10-19-17(13)15;;2*2-1(3)4/h2-12H,1H3,(H,21,22);;;/q;+2;2*-1/b20-12+;;;. The first-order valence-electron chi connectivity index (χ1n) is 8.18. The number of amides is 1. The van der Waals surface area contributed by atoms with Crippen LogP contribution in [0.25, 0.3) is 10.9 Å². The maximum absolute atomic E-state index is 12.1. The zero-order chi connectivity index (χ0) is 23.2. The monoisotopic (exact) mass is 492 g/mol. The van der Waals surface area contributed by atoms with Crippen LogP contribution >= 0.6 is 0 Å². The van der Waals surface area contributed by atoms with Crippen LogP contribution < -0.4 is 10.2 Å². The van der Waals surface area contributed by atoms with Gasteiger partial charge in [0.1, 0.15) is 5.75 Å². The third-order valence-corrected chi connectivity index (χ3v) is 3.37. The number of rotatable bonds is 4. The van der Waals surface area contributed by atoms with Gasteiger partial charge in [-0.3, -0.25) is 9.78 Å². The van der Waals surface area contributed by atoms with Gasteiger partial charge in [-0.1, -0.05) is 30.3 Å². The van der Waals surface area contributed by atoms with Gasteiger partial charge in [-0.2, -0.15) is 5.10 Å². The average molecular weight is 493 g/mol. The molecule has 0 saturated heterocycles. The molecule has 0 aliphatic rings. The topological polar surface area (TPSA) is 196 Å². The number of nitrogens with one attached hydrogen (secondary N) is 1. The van der Waals surface area contributed by atoms with Crippen molar-refractivity contribution >= 4 is 23.0 Å². The first-order chi connectivity index (χ1) is 14.7. The van der Waals surface area contributed by atoms with Crippen molar-refractivity contribution in [3.8, 4) is 5.75 Å². The second-order valence-corrected chi connectivity index (χ2v) is 5.30. The van der Waals surface area contributed by atoms with Crippen molar-refractivity contribution in [3.05, 3.63) is 103 Å². The Hall–Kier alpha value is -4.29. The van der Waals surface area contributed by atoms with E-state index in [2.05, 4.69) is 15.5 Å². The Balaban J connectivity index is 0.000000928. The van der Waals surface area contributed by atoms with Gasteiger partial charge < -0.3 is 35.4 Å². The third kappa shape index (κ3) is 10.5. The molecule has 1 N–H and O–H groups in total. The van der Waals surface area contributed by atoms with Crippen LogP contribution in [0.3, 0.4) is 0 Å². The average Bonchev–Trinajstić information content (AvgIpc) is 2.73. The molecular formula is C18H15CuN5O8. The fourth-order valence-electron chi connectivity index (χ4n) is 2.22. The third-order valence-electron chi connectivity index (χ3n) is 3.37. The molecule has 0 saturated carbocycles. The normalized spacial score (nSPS) is 9.28. The molecule has 171 valence electrons. The number of methoxy groups -OCH3 is 1. The molecule has 0 spiro atoms. The molecule has 3 aromatic rings. The van der Waals surface area contributed by atoms with Crippen LogP contribution in [0.15, 0.2) is 65.9 Å². The fraction of sp³-hybridized carbons (Fsp3) is 0.0556. The minimum atomic E-state index is -1.75. The molecular weight excluding hydrogens is 478 g/mol. The zero-order valence-corrected chi connectivity index (χ0v) is 17.1. The van der Waals surface area contributed by atoms with Crippen molar-refractivity contribution < 1.29 is 36.8 Å². The van der Waals surface area contributed by atoms with E-state index in [9.17, 15) is 4.79 Å². The summed E-state index contributed by atoms with van der Waals surface area (Å²) in [5, 5.41) is 34.5. The molecule has 0 aliphatic heterocycles. The van der Waals surface area contributed by atoms with Gasteiger partial charge in [0.25, 0.3) is 5.91 Å². The molecule has 14 heteroatoms. The predicted molar refractivity (Wildman–Crippen MR) is 111 cm³/mol. The van der Waals surface area contributed by atoms with Crippen molar-refractivity contribution in [2.45, 2.75) is 0 Å². The first-order valence-corrected chi connectivity index (χ1v) is 8.18. The molecule has 1 heterocycles. The number of carbonyl (C=O) groups excluding carboxylic acids is 1. The van der Waals surface area contributed by atoms with E-state index < -0.39 is 10.2 Å². The van der Waals surface area contributed by atoms with Crippen LogP contribution in [-0.2, 0) is 17.1 Å². The van der Waals surface area contributed by atoms with Crippen LogP contribution in [-0.4, -0.2) is 34.4 Å². The van der Waals surface area contributed by atoms with Crippen molar-refractivity contribution in [3.63, 3.8) is 0 Å². The van der Waals surface area contributed by atoms with E-state index in [1.807, 2.05) is 30.3 Å². The van der Waals surface area contributed by atoms with E-state index in [1.165, 1.54) is 0 Å². The molecule has 0 aliphatic carbocycles. The molecule has 3 rings (SSSR count). The second kappa shape index (κ2) is 14.7. The number of para-hydroxylation sites is 1. The summed E-state index contributed by atoms with van der Waals surface area (Å²) in [6.07, 6.45) is 3.32. The molecule has 1 aromatic heterocycles. The van der Waals surface area contributed by atoms with Gasteiger partial charge in [0, 0.05) is 22.7 Å². The van der Waals surface area contributed by atoms with E-state index in [0.717, 1.165) is 16.5 Å². The van der Waals surface area contributed by atoms with Gasteiger partial charge in [0.05, 0.1) is 29.0 Å². The number of hydrogen-bond donors (Lipinski definition) is 1. The number of aromatic nitrogens is 1. The minimum absolute atomic E-state index is 0. The van der Waals surface area contributed by atoms with Crippen LogP contribution in [0.1, 0.15) is 15.9 Å². The predicted octanol–water partition coefficient (Wildman–Crippen LogP) is 2.53. The van der Waals surface area contributed by atoms with Gasteiger partial charge in [-0.25, -0.2) is 5.43 Å². The van der Waals surface area contributed by atoms with E-state index in [-0.39, 0.29) is 23.0 Å². The Morgan fingerprint density at radius 1 is 1.03 bits per heavy atom. The van der Waals surface area contributed by atoms with Crippen LogP contribution in [0.4, 0.5) is 0 Å². The number of ether oxygens (including phenoxy) is 1. The number of hydrogen-bond acceptors (Lipinski definition) is 10. The van der Waals surface area contributed by atoms with Crippen LogP contribution in [0.5, 0.6) is 5.75 Å². The number of hydrazone groups is 1. The summed E-state index contributed by atoms with van der Waals surface area (Å²) >= 11 is 0. The Kier molecular flexibility index (Phi) is 12.7. The molecule has 2 aromatic carbocycles. The molecule has 1 radical (unpaired) electrons. The SMILES string of the molecule is COc1cccc(C(=O)N/N=C/c2cccc3cccnc23)c1.O=[N+]([O-])[O-].O=[N+]([O-])[O-].[Cu+2]. The van der Waals surface area contributed by atoms with E-state index >= 15 is 0 Å². The van der Waals surface area contributed by atoms with E-state index in [1.54, 1.807) is 43.8 Å². The summed E-state index contributed by atoms with van der Waals surface area (Å²) in [5.74, 6) is 0.327. The van der Waals surface area contributed by atoms with Crippen molar-refractivity contribution in [1.82, 2.24) is 10.4 Å². The number of benzene rings is 2. The minimum Gasteiger partial charge on any atom is -0.497 e. The van der Waals surface area contributed by atoms with E-state index in [0.29, 0.717) is 11.3 Å². The summed E-state index contributed by atoms with van der Waals surface area (Å²) in [5.41, 5.74) is 4.68. The number of carbonyl (C=O) groups is 1. The molecule has 0 unspecified atom stereocenters. The Bertz CT molecular complexity index is 1050. The maximum atomic E-state index is 12.1. The number of pyridine rings is 1. The van der Waals surface area contributed by atoms with Gasteiger partial charge in [-0.05, 0) is 24.3 Å². The molecule has 0 atom stereocenters. The smallest absolute Gasteiger partial charge is 0.497 e. The van der Waals surface area contributed by atoms with Gasteiger partial charge in [-0.15, -0.1) is 0 Å². The molecule has 1 amide bonds. The Morgan fingerprint density at radius 3 is 2.25 bits per heavy atom. The second-order valence-electron chi connectivity index (χ2n) is 5.30. The Morgan fingerprint density at radius 2 is 1.62 bits per heavy atom. The summed E-state index contributed by atoms with van der Waals surface area (Å²) < 4.78 is 5.10. The summed E-state index contributed by atoms with van der Waals surface area (Å²) in [6, 6.07) is 16.6. The Labute approximate surface area is 191 Å². The largest absolute Gasteiger partial charge is 2.00 e. The molecule has 32 heavy (non-hydrogen) atoms. The van der Waals surface area contributed by atoms with Gasteiger partial charge >= 0.3 is 17.1 Å². The molecule has 13 nitrogen and oxygen atoms in total.